The highest BCUT2D eigenvalue weighted by Gasteiger charge is 2.15. The quantitative estimate of drug-likeness (QED) is 0.783. The summed E-state index contributed by atoms with van der Waals surface area (Å²) in [4.78, 5) is 33.9. The van der Waals surface area contributed by atoms with Gasteiger partial charge in [0.05, 0.1) is 16.7 Å². The third kappa shape index (κ3) is 3.49. The van der Waals surface area contributed by atoms with Gasteiger partial charge in [-0.15, -0.1) is 0 Å². The fourth-order valence-electron chi connectivity index (χ4n) is 1.91. The molecule has 0 heterocycles. The highest BCUT2D eigenvalue weighted by atomic mass is 16.4. The fourth-order valence-corrected chi connectivity index (χ4v) is 1.91. The Balaban J connectivity index is 2.07. The van der Waals surface area contributed by atoms with Crippen LogP contribution in [0.1, 0.15) is 36.6 Å². The summed E-state index contributed by atoms with van der Waals surface area (Å²) < 4.78 is 0. The first-order chi connectivity index (χ1) is 10.5. The van der Waals surface area contributed by atoms with Crippen LogP contribution in [-0.4, -0.2) is 28.1 Å². The SMILES string of the molecule is O=C(O)c1ccc(CNC(=O)c2ccccc2C(=O)O)cc1. The summed E-state index contributed by atoms with van der Waals surface area (Å²) in [5, 5.41) is 20.5. The molecule has 1 amide bonds. The second-order valence-electron chi connectivity index (χ2n) is 4.54. The van der Waals surface area contributed by atoms with Crippen LogP contribution in [-0.2, 0) is 6.54 Å². The summed E-state index contributed by atoms with van der Waals surface area (Å²) in [6.07, 6.45) is 0. The van der Waals surface area contributed by atoms with Gasteiger partial charge in [0.2, 0.25) is 0 Å². The van der Waals surface area contributed by atoms with Crippen LogP contribution in [0.4, 0.5) is 0 Å². The van der Waals surface area contributed by atoms with E-state index < -0.39 is 17.8 Å². The van der Waals surface area contributed by atoms with Crippen LogP contribution in [0.15, 0.2) is 48.5 Å². The number of amides is 1. The predicted octanol–water partition coefficient (Wildman–Crippen LogP) is 2.01. The number of hydrogen-bond acceptors (Lipinski definition) is 3. The number of carboxylic acid groups (broad SMARTS) is 2. The first-order valence-electron chi connectivity index (χ1n) is 6.42. The van der Waals surface area contributed by atoms with Crippen molar-refractivity contribution in [2.75, 3.05) is 0 Å². The van der Waals surface area contributed by atoms with E-state index in [9.17, 15) is 14.4 Å². The number of rotatable bonds is 5. The topological polar surface area (TPSA) is 104 Å². The molecule has 2 aromatic carbocycles. The van der Waals surface area contributed by atoms with Gasteiger partial charge < -0.3 is 15.5 Å². The van der Waals surface area contributed by atoms with Crippen LogP contribution in [0.25, 0.3) is 0 Å². The Kier molecular flexibility index (Phi) is 4.53. The highest BCUT2D eigenvalue weighted by molar-refractivity contribution is 6.04. The minimum Gasteiger partial charge on any atom is -0.478 e. The molecule has 3 N–H and O–H groups in total. The zero-order chi connectivity index (χ0) is 16.1. The molecule has 0 saturated heterocycles. The second kappa shape index (κ2) is 6.53. The van der Waals surface area contributed by atoms with Crippen LogP contribution in [0.5, 0.6) is 0 Å². The molecule has 0 radical (unpaired) electrons. The van der Waals surface area contributed by atoms with E-state index in [1.54, 1.807) is 24.3 Å². The molecule has 0 aliphatic rings. The third-order valence-electron chi connectivity index (χ3n) is 3.06. The summed E-state index contributed by atoms with van der Waals surface area (Å²) >= 11 is 0. The minimum absolute atomic E-state index is 0.0683. The Bertz CT molecular complexity index is 722. The Morgan fingerprint density at radius 1 is 0.818 bits per heavy atom. The van der Waals surface area contributed by atoms with E-state index in [1.807, 2.05) is 0 Å². The highest BCUT2D eigenvalue weighted by Crippen LogP contribution is 2.09. The van der Waals surface area contributed by atoms with Gasteiger partial charge >= 0.3 is 11.9 Å². The van der Waals surface area contributed by atoms with Gasteiger partial charge in [0.15, 0.2) is 0 Å². The Morgan fingerprint density at radius 3 is 1.95 bits per heavy atom. The zero-order valence-electron chi connectivity index (χ0n) is 11.4. The molecule has 0 saturated carbocycles. The van der Waals surface area contributed by atoms with Gasteiger partial charge in [-0.25, -0.2) is 9.59 Å². The number of aromatic carboxylic acids is 2. The Morgan fingerprint density at radius 2 is 1.41 bits per heavy atom. The Hall–Kier alpha value is -3.15. The number of hydrogen-bond donors (Lipinski definition) is 3. The fraction of sp³-hybridized carbons (Fsp3) is 0.0625. The molecule has 22 heavy (non-hydrogen) atoms. The van der Waals surface area contributed by atoms with Crippen molar-refractivity contribution in [1.82, 2.24) is 5.32 Å². The van der Waals surface area contributed by atoms with Crippen LogP contribution < -0.4 is 5.32 Å². The first-order valence-corrected chi connectivity index (χ1v) is 6.42. The van der Waals surface area contributed by atoms with Crippen molar-refractivity contribution >= 4 is 17.8 Å². The van der Waals surface area contributed by atoms with Gasteiger partial charge in [0.25, 0.3) is 5.91 Å². The maximum Gasteiger partial charge on any atom is 0.336 e. The summed E-state index contributed by atoms with van der Waals surface area (Å²) in [6, 6.07) is 12.0. The molecular formula is C16H13NO5. The molecule has 0 aliphatic heterocycles. The van der Waals surface area contributed by atoms with Gasteiger partial charge in [0, 0.05) is 6.54 Å². The summed E-state index contributed by atoms with van der Waals surface area (Å²) in [6.45, 7) is 0.173. The number of carbonyl (C=O) groups is 3. The molecule has 6 nitrogen and oxygen atoms in total. The lowest BCUT2D eigenvalue weighted by Crippen LogP contribution is -2.24. The van der Waals surface area contributed by atoms with Crippen molar-refractivity contribution in [3.63, 3.8) is 0 Å². The standard InChI is InChI=1S/C16H13NO5/c18-14(12-3-1-2-4-13(12)16(21)22)17-9-10-5-7-11(8-6-10)15(19)20/h1-8H,9H2,(H,17,18)(H,19,20)(H,21,22). The number of carboxylic acids is 2. The molecule has 0 fully saturated rings. The summed E-state index contributed by atoms with van der Waals surface area (Å²) in [5.41, 5.74) is 0.885. The number of benzene rings is 2. The van der Waals surface area contributed by atoms with E-state index in [2.05, 4.69) is 5.32 Å². The number of carbonyl (C=O) groups excluding carboxylic acids is 1. The van der Waals surface area contributed by atoms with E-state index in [-0.39, 0.29) is 23.2 Å². The van der Waals surface area contributed by atoms with E-state index in [1.165, 1.54) is 24.3 Å². The summed E-state index contributed by atoms with van der Waals surface area (Å²) in [7, 11) is 0. The minimum atomic E-state index is -1.17. The lowest BCUT2D eigenvalue weighted by Gasteiger charge is -2.08. The van der Waals surface area contributed by atoms with Crippen LogP contribution in [0, 0.1) is 0 Å². The average Bonchev–Trinajstić information content (AvgIpc) is 2.53. The molecule has 0 aliphatic carbocycles. The molecular weight excluding hydrogens is 286 g/mol. The number of nitrogens with one attached hydrogen (secondary N) is 1. The van der Waals surface area contributed by atoms with Crippen LogP contribution >= 0.6 is 0 Å². The van der Waals surface area contributed by atoms with Crippen molar-refractivity contribution in [1.29, 1.82) is 0 Å². The van der Waals surface area contributed by atoms with Gasteiger partial charge in [-0.3, -0.25) is 4.79 Å². The molecule has 6 heteroatoms. The van der Waals surface area contributed by atoms with Crippen LogP contribution in [0.3, 0.4) is 0 Å². The van der Waals surface area contributed by atoms with E-state index >= 15 is 0 Å². The first kappa shape index (κ1) is 15.2. The van der Waals surface area contributed by atoms with Crippen molar-refractivity contribution in [3.05, 3.63) is 70.8 Å². The van der Waals surface area contributed by atoms with E-state index in [0.29, 0.717) is 5.56 Å². The van der Waals surface area contributed by atoms with Gasteiger partial charge in [-0.05, 0) is 29.8 Å². The average molecular weight is 299 g/mol. The molecule has 0 spiro atoms. The lowest BCUT2D eigenvalue weighted by atomic mass is 10.1. The normalized spacial score (nSPS) is 10.0. The van der Waals surface area contributed by atoms with E-state index in [0.717, 1.165) is 0 Å². The third-order valence-corrected chi connectivity index (χ3v) is 3.06. The Labute approximate surface area is 126 Å². The zero-order valence-corrected chi connectivity index (χ0v) is 11.4. The summed E-state index contributed by atoms with van der Waals surface area (Å²) in [5.74, 6) is -2.69. The maximum atomic E-state index is 12.0. The molecule has 0 bridgehead atoms. The van der Waals surface area contributed by atoms with E-state index in [4.69, 9.17) is 10.2 Å². The van der Waals surface area contributed by atoms with Gasteiger partial charge in [-0.1, -0.05) is 24.3 Å². The van der Waals surface area contributed by atoms with Crippen LogP contribution in [0.2, 0.25) is 0 Å². The molecule has 0 unspecified atom stereocenters. The van der Waals surface area contributed by atoms with Gasteiger partial charge in [-0.2, -0.15) is 0 Å². The lowest BCUT2D eigenvalue weighted by molar-refractivity contribution is 0.0684. The molecule has 0 aromatic heterocycles. The smallest absolute Gasteiger partial charge is 0.336 e. The van der Waals surface area contributed by atoms with Crippen molar-refractivity contribution in [2.24, 2.45) is 0 Å². The molecule has 0 atom stereocenters. The predicted molar refractivity (Wildman–Crippen MR) is 78.0 cm³/mol. The molecule has 112 valence electrons. The molecule has 2 rings (SSSR count). The second-order valence-corrected chi connectivity index (χ2v) is 4.54. The maximum absolute atomic E-state index is 12.0. The van der Waals surface area contributed by atoms with Crippen molar-refractivity contribution < 1.29 is 24.6 Å². The largest absolute Gasteiger partial charge is 0.478 e. The monoisotopic (exact) mass is 299 g/mol. The molecule has 2 aromatic rings. The van der Waals surface area contributed by atoms with Crippen molar-refractivity contribution in [3.8, 4) is 0 Å². The van der Waals surface area contributed by atoms with Gasteiger partial charge in [0.1, 0.15) is 0 Å². The van der Waals surface area contributed by atoms with Crippen molar-refractivity contribution in [2.45, 2.75) is 6.54 Å².